The zero-order chi connectivity index (χ0) is 10.8. The summed E-state index contributed by atoms with van der Waals surface area (Å²) in [6.45, 7) is 0. The molecular formula is C12H15NO2. The normalized spacial score (nSPS) is 29.4. The van der Waals surface area contributed by atoms with Gasteiger partial charge in [-0.05, 0) is 43.1 Å². The predicted molar refractivity (Wildman–Crippen MR) is 55.0 cm³/mol. The quantitative estimate of drug-likeness (QED) is 0.528. The number of carboxylic acid groups (broad SMARTS) is 1. The van der Waals surface area contributed by atoms with Crippen molar-refractivity contribution in [3.05, 3.63) is 11.1 Å². The molecule has 1 N–H and O–H groups in total. The summed E-state index contributed by atoms with van der Waals surface area (Å²) in [6, 6.07) is 1.88. The van der Waals surface area contributed by atoms with Crippen molar-refractivity contribution >= 4 is 5.97 Å². The molecule has 3 nitrogen and oxygen atoms in total. The third-order valence-corrected chi connectivity index (χ3v) is 3.70. The number of hydrogen-bond donors (Lipinski definition) is 1. The standard InChI is InChI=1S/C12H15NO2/c13-7-10(12(14)15)11-8-3-1-4-9(11)6-2-5-8/h8-9H,1-6H2,(H,14,15). The Bertz CT molecular complexity index is 327. The molecule has 2 aliphatic carbocycles. The number of nitriles is 1. The number of carbonyl (C=O) groups is 1. The highest BCUT2D eigenvalue weighted by atomic mass is 16.4. The Morgan fingerprint density at radius 2 is 1.67 bits per heavy atom. The van der Waals surface area contributed by atoms with Gasteiger partial charge in [0.2, 0.25) is 0 Å². The number of rotatable bonds is 1. The topological polar surface area (TPSA) is 61.1 Å². The van der Waals surface area contributed by atoms with Gasteiger partial charge >= 0.3 is 5.97 Å². The minimum Gasteiger partial charge on any atom is -0.477 e. The van der Waals surface area contributed by atoms with Crippen molar-refractivity contribution in [1.29, 1.82) is 5.26 Å². The average molecular weight is 205 g/mol. The van der Waals surface area contributed by atoms with Crippen LogP contribution in [0, 0.1) is 23.2 Å². The SMILES string of the molecule is N#CC(C(=O)O)=C1C2CCCC1CCC2. The highest BCUT2D eigenvalue weighted by Crippen LogP contribution is 2.45. The summed E-state index contributed by atoms with van der Waals surface area (Å²) in [5, 5.41) is 17.9. The Hall–Kier alpha value is -1.30. The van der Waals surface area contributed by atoms with Gasteiger partial charge in [0.25, 0.3) is 0 Å². The summed E-state index contributed by atoms with van der Waals surface area (Å²) in [5.74, 6) is -0.280. The van der Waals surface area contributed by atoms with Gasteiger partial charge in [-0.2, -0.15) is 5.26 Å². The van der Waals surface area contributed by atoms with Crippen LogP contribution in [0.25, 0.3) is 0 Å². The van der Waals surface area contributed by atoms with E-state index < -0.39 is 5.97 Å². The Morgan fingerprint density at radius 3 is 2.00 bits per heavy atom. The molecule has 0 aliphatic heterocycles. The van der Waals surface area contributed by atoms with Gasteiger partial charge in [0.1, 0.15) is 11.6 Å². The number of carboxylic acids is 1. The minimum atomic E-state index is -1.04. The molecule has 0 atom stereocenters. The monoisotopic (exact) mass is 205 g/mol. The summed E-state index contributed by atoms with van der Waals surface area (Å²) in [7, 11) is 0. The molecule has 2 aliphatic rings. The minimum absolute atomic E-state index is 0.0319. The number of fused-ring (bicyclic) bond motifs is 2. The maximum absolute atomic E-state index is 11.0. The van der Waals surface area contributed by atoms with E-state index in [2.05, 4.69) is 0 Å². The van der Waals surface area contributed by atoms with E-state index in [1.54, 1.807) is 0 Å². The summed E-state index contributed by atoms with van der Waals surface area (Å²) in [4.78, 5) is 11.0. The summed E-state index contributed by atoms with van der Waals surface area (Å²) < 4.78 is 0. The van der Waals surface area contributed by atoms with Gasteiger partial charge in [0.05, 0.1) is 0 Å². The van der Waals surface area contributed by atoms with Crippen LogP contribution >= 0.6 is 0 Å². The number of nitrogens with zero attached hydrogens (tertiary/aromatic N) is 1. The number of allylic oxidation sites excluding steroid dienone is 1. The Labute approximate surface area is 89.4 Å². The summed E-state index contributed by atoms with van der Waals surface area (Å²) in [6.07, 6.45) is 6.68. The number of aliphatic carboxylic acids is 1. The van der Waals surface area contributed by atoms with Crippen molar-refractivity contribution in [2.24, 2.45) is 11.8 Å². The second-order valence-corrected chi connectivity index (χ2v) is 4.50. The van der Waals surface area contributed by atoms with E-state index in [4.69, 9.17) is 10.4 Å². The van der Waals surface area contributed by atoms with Gasteiger partial charge in [-0.25, -0.2) is 4.79 Å². The lowest BCUT2D eigenvalue weighted by atomic mass is 9.67. The van der Waals surface area contributed by atoms with E-state index >= 15 is 0 Å². The molecule has 0 heterocycles. The van der Waals surface area contributed by atoms with Crippen LogP contribution in [0.1, 0.15) is 38.5 Å². The molecule has 3 heteroatoms. The molecule has 80 valence electrons. The van der Waals surface area contributed by atoms with Crippen molar-refractivity contribution in [3.8, 4) is 6.07 Å². The van der Waals surface area contributed by atoms with E-state index in [1.807, 2.05) is 6.07 Å². The van der Waals surface area contributed by atoms with Crippen LogP contribution in [-0.2, 0) is 4.79 Å². The van der Waals surface area contributed by atoms with Crippen molar-refractivity contribution in [2.75, 3.05) is 0 Å². The van der Waals surface area contributed by atoms with Gasteiger partial charge < -0.3 is 5.11 Å². The fraction of sp³-hybridized carbons (Fsp3) is 0.667. The molecule has 0 aromatic carbocycles. The Kier molecular flexibility index (Phi) is 2.77. The van der Waals surface area contributed by atoms with E-state index in [0.29, 0.717) is 11.8 Å². The molecule has 15 heavy (non-hydrogen) atoms. The molecule has 0 unspecified atom stereocenters. The van der Waals surface area contributed by atoms with Gasteiger partial charge in [0, 0.05) is 0 Å². The van der Waals surface area contributed by atoms with Crippen LogP contribution in [-0.4, -0.2) is 11.1 Å². The lowest BCUT2D eigenvalue weighted by Crippen LogP contribution is -2.27. The maximum Gasteiger partial charge on any atom is 0.346 e. The van der Waals surface area contributed by atoms with Crippen LogP contribution in [0.4, 0.5) is 0 Å². The lowest BCUT2D eigenvalue weighted by molar-refractivity contribution is -0.132. The van der Waals surface area contributed by atoms with Crippen LogP contribution in [0.15, 0.2) is 11.1 Å². The molecular weight excluding hydrogens is 190 g/mol. The van der Waals surface area contributed by atoms with Gasteiger partial charge in [-0.15, -0.1) is 0 Å². The molecule has 2 saturated carbocycles. The van der Waals surface area contributed by atoms with E-state index in [1.165, 1.54) is 12.8 Å². The fourth-order valence-corrected chi connectivity index (χ4v) is 3.11. The van der Waals surface area contributed by atoms with Crippen LogP contribution in [0.2, 0.25) is 0 Å². The second-order valence-electron chi connectivity index (χ2n) is 4.50. The number of hydrogen-bond acceptors (Lipinski definition) is 2. The van der Waals surface area contributed by atoms with Crippen molar-refractivity contribution in [2.45, 2.75) is 38.5 Å². The van der Waals surface area contributed by atoms with E-state index in [9.17, 15) is 4.79 Å². The summed E-state index contributed by atoms with van der Waals surface area (Å²) >= 11 is 0. The average Bonchev–Trinajstić information content (AvgIpc) is 2.17. The molecule has 0 aromatic heterocycles. The first-order valence-electron chi connectivity index (χ1n) is 5.61. The van der Waals surface area contributed by atoms with E-state index in [-0.39, 0.29) is 5.57 Å². The van der Waals surface area contributed by atoms with Crippen LogP contribution in [0.3, 0.4) is 0 Å². The maximum atomic E-state index is 11.0. The second kappa shape index (κ2) is 4.06. The molecule has 2 fully saturated rings. The molecule has 0 radical (unpaired) electrons. The van der Waals surface area contributed by atoms with E-state index in [0.717, 1.165) is 31.3 Å². The largest absolute Gasteiger partial charge is 0.477 e. The van der Waals surface area contributed by atoms with Gasteiger partial charge in [-0.1, -0.05) is 12.8 Å². The van der Waals surface area contributed by atoms with Crippen molar-refractivity contribution < 1.29 is 9.90 Å². The first-order chi connectivity index (χ1) is 7.24. The van der Waals surface area contributed by atoms with Gasteiger partial charge in [0.15, 0.2) is 0 Å². The fourth-order valence-electron chi connectivity index (χ4n) is 3.11. The molecule has 2 bridgehead atoms. The third-order valence-electron chi connectivity index (χ3n) is 3.70. The predicted octanol–water partition coefficient (Wildman–Crippen LogP) is 2.49. The van der Waals surface area contributed by atoms with Crippen molar-refractivity contribution in [3.63, 3.8) is 0 Å². The Morgan fingerprint density at radius 1 is 1.20 bits per heavy atom. The Balaban J connectivity index is 2.41. The van der Waals surface area contributed by atoms with Crippen molar-refractivity contribution in [1.82, 2.24) is 0 Å². The highest BCUT2D eigenvalue weighted by molar-refractivity contribution is 5.92. The van der Waals surface area contributed by atoms with Crippen LogP contribution in [0.5, 0.6) is 0 Å². The lowest BCUT2D eigenvalue weighted by Gasteiger charge is -2.37. The smallest absolute Gasteiger partial charge is 0.346 e. The van der Waals surface area contributed by atoms with Gasteiger partial charge in [-0.3, -0.25) is 0 Å². The molecule has 0 amide bonds. The molecule has 0 spiro atoms. The first kappa shape index (κ1) is 10.2. The zero-order valence-corrected chi connectivity index (χ0v) is 8.70. The van der Waals surface area contributed by atoms with Crippen LogP contribution < -0.4 is 0 Å². The zero-order valence-electron chi connectivity index (χ0n) is 8.70. The highest BCUT2D eigenvalue weighted by Gasteiger charge is 2.34. The molecule has 0 saturated heterocycles. The first-order valence-corrected chi connectivity index (χ1v) is 5.61. The molecule has 2 rings (SSSR count). The summed E-state index contributed by atoms with van der Waals surface area (Å²) in [5.41, 5.74) is 0.993. The molecule has 0 aromatic rings. The third kappa shape index (κ3) is 1.77.